The summed E-state index contributed by atoms with van der Waals surface area (Å²) >= 11 is 1.09. The van der Waals surface area contributed by atoms with Crippen molar-refractivity contribution in [3.05, 3.63) is 52.3 Å². The van der Waals surface area contributed by atoms with E-state index in [1.54, 1.807) is 6.07 Å². The van der Waals surface area contributed by atoms with Crippen molar-refractivity contribution in [1.82, 2.24) is 19.9 Å². The molecule has 3 aromatic heterocycles. The van der Waals surface area contributed by atoms with Crippen molar-refractivity contribution in [2.45, 2.75) is 63.7 Å². The monoisotopic (exact) mass is 538 g/mol. The summed E-state index contributed by atoms with van der Waals surface area (Å²) in [5, 5.41) is 14.7. The number of thiophene rings is 1. The number of piperidine rings is 1. The summed E-state index contributed by atoms with van der Waals surface area (Å²) in [5.74, 6) is 1.35. The Hall–Kier alpha value is -3.16. The van der Waals surface area contributed by atoms with Gasteiger partial charge in [-0.3, -0.25) is 4.90 Å². The van der Waals surface area contributed by atoms with E-state index in [0.717, 1.165) is 61.1 Å². The van der Waals surface area contributed by atoms with Gasteiger partial charge in [0.15, 0.2) is 0 Å². The highest BCUT2D eigenvalue weighted by atomic mass is 32.1. The summed E-state index contributed by atoms with van der Waals surface area (Å²) in [7, 11) is 0. The summed E-state index contributed by atoms with van der Waals surface area (Å²) in [6, 6.07) is 9.90. The van der Waals surface area contributed by atoms with Crippen LogP contribution in [0.1, 0.15) is 53.8 Å². The lowest BCUT2D eigenvalue weighted by molar-refractivity contribution is -0.126. The molecule has 38 heavy (non-hydrogen) atoms. The van der Waals surface area contributed by atoms with Crippen molar-refractivity contribution in [3.8, 4) is 6.07 Å². The molecule has 2 aliphatic rings. The lowest BCUT2D eigenvalue weighted by atomic mass is 9.82. The van der Waals surface area contributed by atoms with Gasteiger partial charge in [0.1, 0.15) is 28.7 Å². The first-order valence-corrected chi connectivity index (χ1v) is 13.8. The standard InChI is InChI=1S/C28H29F3N6S/c1-17-19(4-5-24-22(17)10-20(14-32)35-24)15-37-8-6-27(7-9-37,12-18-2-3-18)36-25-23-11-21(13-28(29,30)31)38-26(23)34-16-33-25/h4-5,10-11,16,18,35H,2-3,6-9,12-13,15H2,1H3,(H,33,34,36). The predicted molar refractivity (Wildman–Crippen MR) is 143 cm³/mol. The molecule has 0 spiro atoms. The molecule has 2 fully saturated rings. The van der Waals surface area contributed by atoms with Gasteiger partial charge in [0.2, 0.25) is 0 Å². The molecule has 6 rings (SSSR count). The summed E-state index contributed by atoms with van der Waals surface area (Å²) in [5.41, 5.74) is 3.88. The van der Waals surface area contributed by atoms with Gasteiger partial charge in [-0.2, -0.15) is 18.4 Å². The Labute approximate surface area is 222 Å². The third-order valence-electron chi connectivity index (χ3n) is 8.03. The van der Waals surface area contributed by atoms with E-state index in [1.165, 1.54) is 30.3 Å². The van der Waals surface area contributed by atoms with Crippen LogP contribution in [-0.2, 0) is 13.0 Å². The molecular weight excluding hydrogens is 509 g/mol. The first-order valence-electron chi connectivity index (χ1n) is 13.0. The molecule has 0 radical (unpaired) electrons. The van der Waals surface area contributed by atoms with Gasteiger partial charge >= 0.3 is 6.18 Å². The van der Waals surface area contributed by atoms with Crippen molar-refractivity contribution in [1.29, 1.82) is 5.26 Å². The van der Waals surface area contributed by atoms with Crippen molar-refractivity contribution < 1.29 is 13.2 Å². The highest BCUT2D eigenvalue weighted by Crippen LogP contribution is 2.43. The molecule has 4 aromatic rings. The number of nitrogens with zero attached hydrogens (tertiary/aromatic N) is 4. The minimum absolute atomic E-state index is 0.133. The SMILES string of the molecule is Cc1c(CN2CCC(CC3CC3)(Nc3ncnc4sc(CC(F)(F)F)cc34)CC2)ccc2[nH]c(C#N)cc12. The molecule has 1 saturated carbocycles. The van der Waals surface area contributed by atoms with Gasteiger partial charge in [-0.1, -0.05) is 18.9 Å². The Bertz CT molecular complexity index is 1520. The summed E-state index contributed by atoms with van der Waals surface area (Å²) in [6.07, 6.45) is 1.68. The largest absolute Gasteiger partial charge is 0.393 e. The molecule has 0 unspecified atom stereocenters. The quantitative estimate of drug-likeness (QED) is 0.274. The molecule has 0 atom stereocenters. The maximum atomic E-state index is 13.0. The highest BCUT2D eigenvalue weighted by molar-refractivity contribution is 7.18. The molecule has 10 heteroatoms. The van der Waals surface area contributed by atoms with Crippen LogP contribution in [0.5, 0.6) is 0 Å². The molecular formula is C28H29F3N6S. The topological polar surface area (TPSA) is 80.6 Å². The second-order valence-electron chi connectivity index (χ2n) is 10.9. The van der Waals surface area contributed by atoms with Gasteiger partial charge < -0.3 is 10.3 Å². The van der Waals surface area contributed by atoms with E-state index in [2.05, 4.69) is 50.3 Å². The average Bonchev–Trinajstić information content (AvgIpc) is 3.41. The zero-order valence-electron chi connectivity index (χ0n) is 21.2. The zero-order chi connectivity index (χ0) is 26.5. The minimum Gasteiger partial charge on any atom is -0.364 e. The second-order valence-corrected chi connectivity index (χ2v) is 12.0. The van der Waals surface area contributed by atoms with Crippen LogP contribution in [-0.4, -0.2) is 44.7 Å². The molecule has 0 amide bonds. The Morgan fingerprint density at radius 1 is 1.18 bits per heavy atom. The maximum absolute atomic E-state index is 13.0. The highest BCUT2D eigenvalue weighted by Gasteiger charge is 2.40. The van der Waals surface area contributed by atoms with Crippen LogP contribution in [0.4, 0.5) is 19.0 Å². The van der Waals surface area contributed by atoms with E-state index in [4.69, 9.17) is 0 Å². The number of likely N-dealkylation sites (tertiary alicyclic amines) is 1. The molecule has 6 nitrogen and oxygen atoms in total. The molecule has 4 heterocycles. The Morgan fingerprint density at radius 3 is 2.68 bits per heavy atom. The lowest BCUT2D eigenvalue weighted by Gasteiger charge is -2.43. The zero-order valence-corrected chi connectivity index (χ0v) is 22.0. The van der Waals surface area contributed by atoms with Crippen molar-refractivity contribution in [2.75, 3.05) is 18.4 Å². The average molecular weight is 539 g/mol. The maximum Gasteiger partial charge on any atom is 0.393 e. The lowest BCUT2D eigenvalue weighted by Crippen LogP contribution is -2.49. The Kier molecular flexibility index (Phi) is 6.31. The van der Waals surface area contributed by atoms with Crippen LogP contribution in [0, 0.1) is 24.2 Å². The second kappa shape index (κ2) is 9.54. The van der Waals surface area contributed by atoms with E-state index in [1.807, 2.05) is 6.07 Å². The fraction of sp³-hybridized carbons (Fsp3) is 0.464. The van der Waals surface area contributed by atoms with Gasteiger partial charge in [0.25, 0.3) is 0 Å². The number of halogens is 3. The summed E-state index contributed by atoms with van der Waals surface area (Å²) in [6.45, 7) is 4.80. The van der Waals surface area contributed by atoms with Crippen LogP contribution in [0.2, 0.25) is 0 Å². The smallest absolute Gasteiger partial charge is 0.364 e. The van der Waals surface area contributed by atoms with E-state index >= 15 is 0 Å². The Morgan fingerprint density at radius 2 is 1.97 bits per heavy atom. The fourth-order valence-corrected chi connectivity index (χ4v) is 6.83. The number of aryl methyl sites for hydroxylation is 1. The number of H-pyrrole nitrogens is 1. The predicted octanol–water partition coefficient (Wildman–Crippen LogP) is 6.70. The first kappa shape index (κ1) is 25.1. The molecule has 1 saturated heterocycles. The fourth-order valence-electron chi connectivity index (χ4n) is 5.80. The van der Waals surface area contributed by atoms with Crippen molar-refractivity contribution >= 4 is 38.3 Å². The number of fused-ring (bicyclic) bond motifs is 2. The van der Waals surface area contributed by atoms with Crippen LogP contribution >= 0.6 is 11.3 Å². The third-order valence-corrected chi connectivity index (χ3v) is 9.07. The number of alkyl halides is 3. The molecule has 198 valence electrons. The minimum atomic E-state index is -4.25. The number of anilines is 1. The number of nitriles is 1. The first-order chi connectivity index (χ1) is 18.2. The van der Waals surface area contributed by atoms with Crippen molar-refractivity contribution in [2.24, 2.45) is 5.92 Å². The van der Waals surface area contributed by atoms with E-state index < -0.39 is 12.6 Å². The number of nitrogens with one attached hydrogen (secondary N) is 2. The molecule has 0 bridgehead atoms. The van der Waals surface area contributed by atoms with E-state index in [0.29, 0.717) is 27.6 Å². The van der Waals surface area contributed by atoms with Crippen LogP contribution < -0.4 is 5.32 Å². The third kappa shape index (κ3) is 5.22. The number of benzene rings is 1. The molecule has 1 aromatic carbocycles. The van der Waals surface area contributed by atoms with Gasteiger partial charge in [0.05, 0.1) is 11.8 Å². The van der Waals surface area contributed by atoms with Gasteiger partial charge in [0, 0.05) is 41.0 Å². The van der Waals surface area contributed by atoms with Gasteiger partial charge in [-0.15, -0.1) is 11.3 Å². The van der Waals surface area contributed by atoms with E-state index in [-0.39, 0.29) is 10.4 Å². The van der Waals surface area contributed by atoms with Gasteiger partial charge in [-0.05, 0) is 61.4 Å². The summed E-state index contributed by atoms with van der Waals surface area (Å²) < 4.78 is 39.0. The number of hydrogen-bond donors (Lipinski definition) is 2. The van der Waals surface area contributed by atoms with Gasteiger partial charge in [-0.25, -0.2) is 9.97 Å². The Balaban J connectivity index is 1.20. The van der Waals surface area contributed by atoms with Crippen LogP contribution in [0.3, 0.4) is 0 Å². The number of aromatic nitrogens is 3. The number of hydrogen-bond acceptors (Lipinski definition) is 6. The molecule has 1 aliphatic carbocycles. The number of aromatic amines is 1. The van der Waals surface area contributed by atoms with Crippen molar-refractivity contribution in [3.63, 3.8) is 0 Å². The van der Waals surface area contributed by atoms with Crippen LogP contribution in [0.15, 0.2) is 30.6 Å². The normalized spacial score (nSPS) is 18.2. The van der Waals surface area contributed by atoms with E-state index in [9.17, 15) is 18.4 Å². The molecule has 1 aliphatic heterocycles. The number of rotatable bonds is 7. The molecule has 2 N–H and O–H groups in total. The summed E-state index contributed by atoms with van der Waals surface area (Å²) in [4.78, 5) is 15.2. The van der Waals surface area contributed by atoms with Crippen LogP contribution in [0.25, 0.3) is 21.1 Å².